The number of carbonyl (C=O) groups excluding carboxylic acids is 1. The Bertz CT molecular complexity index is 1170. The average molecular weight is 533 g/mol. The zero-order valence-electron chi connectivity index (χ0n) is 16.5. The molecule has 0 bridgehead atoms. The van der Waals surface area contributed by atoms with Crippen molar-refractivity contribution in [3.05, 3.63) is 47.8 Å². The molecule has 9 nitrogen and oxygen atoms in total. The van der Waals surface area contributed by atoms with Gasteiger partial charge in [-0.2, -0.15) is 5.10 Å². The molecule has 3 aromatic rings. The van der Waals surface area contributed by atoms with E-state index < -0.39 is 10.0 Å². The smallest absolute Gasteiger partial charge is 0.336 e. The number of benzene rings is 1. The minimum absolute atomic E-state index is 0.0889. The Balaban J connectivity index is 1.42. The maximum Gasteiger partial charge on any atom is 0.336 e. The molecule has 31 heavy (non-hydrogen) atoms. The molecule has 2 aliphatic rings. The summed E-state index contributed by atoms with van der Waals surface area (Å²) in [5, 5.41) is 17.9. The lowest BCUT2D eigenvalue weighted by molar-refractivity contribution is -0.138. The number of ether oxygens (including phenoxy) is 1. The first-order valence-corrected chi connectivity index (χ1v) is 11.3. The lowest BCUT2D eigenvalue weighted by atomic mass is 10.1. The Morgan fingerprint density at radius 2 is 2.19 bits per heavy atom. The van der Waals surface area contributed by atoms with E-state index in [9.17, 15) is 14.7 Å². The second-order valence-electron chi connectivity index (χ2n) is 7.62. The van der Waals surface area contributed by atoms with E-state index in [0.29, 0.717) is 11.3 Å². The van der Waals surface area contributed by atoms with Crippen molar-refractivity contribution in [2.45, 2.75) is 36.1 Å². The maximum absolute atomic E-state index is 12.9. The quantitative estimate of drug-likeness (QED) is 0.293. The van der Waals surface area contributed by atoms with Gasteiger partial charge in [0.05, 0.1) is 29.3 Å². The number of carboxylic acid groups (broad SMARTS) is 1. The molecule has 1 saturated heterocycles. The molecule has 1 aromatic carbocycles. The first-order valence-electron chi connectivity index (χ1n) is 10.0. The number of fused-ring (bicyclic) bond motifs is 2. The van der Waals surface area contributed by atoms with Crippen molar-refractivity contribution in [1.82, 2.24) is 19.7 Å². The lowest BCUT2D eigenvalue weighted by Crippen LogP contribution is -2.36. The number of halogens is 1. The molecule has 1 fully saturated rings. The van der Waals surface area contributed by atoms with Gasteiger partial charge in [0.25, 0.3) is 5.91 Å². The predicted molar refractivity (Wildman–Crippen MR) is 121 cm³/mol. The summed E-state index contributed by atoms with van der Waals surface area (Å²) in [4.78, 5) is 30.2. The number of amides is 1. The fourth-order valence-electron chi connectivity index (χ4n) is 4.10. The van der Waals surface area contributed by atoms with Gasteiger partial charge in [-0.05, 0) is 59.5 Å². The number of carboxylic acids is 1. The summed E-state index contributed by atoms with van der Waals surface area (Å²) in [6.07, 6.45) is 6.48. The van der Waals surface area contributed by atoms with Gasteiger partial charge in [0.15, 0.2) is 15.9 Å². The van der Waals surface area contributed by atoms with Gasteiger partial charge in [-0.3, -0.25) is 4.79 Å². The number of pyridine rings is 1. The fraction of sp³-hybridized carbons (Fsp3) is 0.333. The topological polar surface area (TPSA) is 110 Å². The van der Waals surface area contributed by atoms with E-state index in [1.807, 2.05) is 28.9 Å². The minimum Gasteiger partial charge on any atom is -0.479 e. The van der Waals surface area contributed by atoms with Crippen molar-refractivity contribution in [2.24, 2.45) is 0 Å². The summed E-state index contributed by atoms with van der Waals surface area (Å²) < 4.78 is 6.73. The molecule has 0 spiro atoms. The summed E-state index contributed by atoms with van der Waals surface area (Å²) in [6.45, 7) is 1.00. The molecule has 2 aromatic heterocycles. The summed E-state index contributed by atoms with van der Waals surface area (Å²) in [7, 11) is 0. The minimum atomic E-state index is -1.04. The van der Waals surface area contributed by atoms with Crippen LogP contribution < -0.4 is 5.32 Å². The van der Waals surface area contributed by atoms with E-state index in [4.69, 9.17) is 4.74 Å². The lowest BCUT2D eigenvalue weighted by Gasteiger charge is -2.23. The van der Waals surface area contributed by atoms with E-state index in [1.54, 1.807) is 35.0 Å². The molecule has 0 radical (unpaired) electrons. The van der Waals surface area contributed by atoms with Crippen molar-refractivity contribution < 1.29 is 19.4 Å². The van der Waals surface area contributed by atoms with Gasteiger partial charge >= 0.3 is 5.97 Å². The van der Waals surface area contributed by atoms with Crippen LogP contribution in [0.25, 0.3) is 11.0 Å². The van der Waals surface area contributed by atoms with Gasteiger partial charge < -0.3 is 20.1 Å². The summed E-state index contributed by atoms with van der Waals surface area (Å²) >= 11 is 1.77. The van der Waals surface area contributed by atoms with Gasteiger partial charge in [0.2, 0.25) is 0 Å². The van der Waals surface area contributed by atoms with Crippen LogP contribution in [-0.2, 0) is 16.1 Å². The molecule has 2 N–H and O–H groups in total. The molecule has 10 heteroatoms. The Labute approximate surface area is 191 Å². The Morgan fingerprint density at radius 3 is 2.97 bits per heavy atom. The number of hydrogen-bond acceptors (Lipinski definition) is 6. The third-order valence-electron chi connectivity index (χ3n) is 5.58. The third kappa shape index (κ3) is 3.63. The second-order valence-corrected chi connectivity index (χ2v) is 8.80. The van der Waals surface area contributed by atoms with Crippen molar-refractivity contribution in [3.63, 3.8) is 0 Å². The monoisotopic (exact) mass is 533 g/mol. The van der Waals surface area contributed by atoms with Gasteiger partial charge in [0.1, 0.15) is 0 Å². The molecule has 0 aliphatic carbocycles. The molecular formula is C21H20IN5O4. The fourth-order valence-corrected chi connectivity index (χ4v) is 4.55. The number of hydrogen-bond donors (Lipinski definition) is 2. The number of rotatable bonds is 5. The zero-order valence-corrected chi connectivity index (χ0v) is 18.7. The SMILES string of the molecule is O=C(O)C(I)N1Cc2cccc(Nc3cnc4c(cnn4C4CCCCO4)c3)c2C1=O. The Morgan fingerprint density at radius 1 is 1.32 bits per heavy atom. The van der Waals surface area contributed by atoms with Gasteiger partial charge in [-0.25, -0.2) is 14.5 Å². The third-order valence-corrected chi connectivity index (χ3v) is 6.79. The average Bonchev–Trinajstić information content (AvgIpc) is 3.35. The maximum atomic E-state index is 12.9. The van der Waals surface area contributed by atoms with Crippen molar-refractivity contribution in [2.75, 3.05) is 11.9 Å². The van der Waals surface area contributed by atoms with Crippen LogP contribution in [0.3, 0.4) is 0 Å². The zero-order chi connectivity index (χ0) is 21.5. The largest absolute Gasteiger partial charge is 0.479 e. The molecule has 1 amide bonds. The summed E-state index contributed by atoms with van der Waals surface area (Å²) in [5.74, 6) is -1.33. The van der Waals surface area contributed by atoms with Crippen molar-refractivity contribution in [1.29, 1.82) is 0 Å². The Hall–Kier alpha value is -2.73. The van der Waals surface area contributed by atoms with Gasteiger partial charge in [-0.1, -0.05) is 12.1 Å². The molecule has 5 rings (SSSR count). The van der Waals surface area contributed by atoms with Crippen molar-refractivity contribution in [3.8, 4) is 0 Å². The first kappa shape index (κ1) is 20.2. The van der Waals surface area contributed by atoms with E-state index >= 15 is 0 Å². The first-order chi connectivity index (χ1) is 15.0. The highest BCUT2D eigenvalue weighted by molar-refractivity contribution is 14.1. The van der Waals surface area contributed by atoms with E-state index in [-0.39, 0.29) is 18.7 Å². The molecular weight excluding hydrogens is 513 g/mol. The van der Waals surface area contributed by atoms with E-state index in [2.05, 4.69) is 15.4 Å². The number of nitrogens with zero attached hydrogens (tertiary/aromatic N) is 4. The number of aliphatic carboxylic acids is 1. The highest BCUT2D eigenvalue weighted by atomic mass is 127. The number of anilines is 2. The van der Waals surface area contributed by atoms with Crippen LogP contribution in [0.4, 0.5) is 11.4 Å². The van der Waals surface area contributed by atoms with Crippen LogP contribution >= 0.6 is 22.6 Å². The number of aromatic nitrogens is 3. The summed E-state index contributed by atoms with van der Waals surface area (Å²) in [6, 6.07) is 7.45. The van der Waals surface area contributed by atoms with Crippen LogP contribution in [0.15, 0.2) is 36.7 Å². The standard InChI is InChI=1S/C21H20IN5O4/c22-18(21(29)30)26-11-12-4-3-5-15(17(12)20(26)28)25-14-8-13-9-24-27(19(13)23-10-14)16-6-1-2-7-31-16/h3-5,8-10,16,18,25H,1-2,6-7,11H2,(H,29,30). The van der Waals surface area contributed by atoms with Crippen LogP contribution in [-0.4, -0.2) is 47.3 Å². The molecule has 4 heterocycles. The van der Waals surface area contributed by atoms with Crippen LogP contribution in [0.2, 0.25) is 0 Å². The summed E-state index contributed by atoms with van der Waals surface area (Å²) in [5.41, 5.74) is 3.40. The molecule has 2 atom stereocenters. The highest BCUT2D eigenvalue weighted by Crippen LogP contribution is 2.34. The Kier molecular flexibility index (Phi) is 5.26. The van der Waals surface area contributed by atoms with Crippen LogP contribution in [0, 0.1) is 0 Å². The number of alkyl halides is 1. The predicted octanol–water partition coefficient (Wildman–Crippen LogP) is 3.68. The van der Waals surface area contributed by atoms with E-state index in [1.165, 1.54) is 4.90 Å². The number of nitrogens with one attached hydrogen (secondary N) is 1. The van der Waals surface area contributed by atoms with Gasteiger partial charge in [-0.15, -0.1) is 0 Å². The van der Waals surface area contributed by atoms with Crippen molar-refractivity contribution >= 4 is 56.9 Å². The van der Waals surface area contributed by atoms with Crippen LogP contribution in [0.1, 0.15) is 41.4 Å². The highest BCUT2D eigenvalue weighted by Gasteiger charge is 2.36. The number of carbonyl (C=O) groups is 2. The van der Waals surface area contributed by atoms with Gasteiger partial charge in [0, 0.05) is 18.5 Å². The van der Waals surface area contributed by atoms with Crippen LogP contribution in [0.5, 0.6) is 0 Å². The molecule has 0 saturated carbocycles. The van der Waals surface area contributed by atoms with E-state index in [0.717, 1.165) is 48.2 Å². The molecule has 2 unspecified atom stereocenters. The molecule has 2 aliphatic heterocycles. The second kappa shape index (κ2) is 8.08. The normalized spacial score (nSPS) is 19.5. The molecule has 160 valence electrons.